The van der Waals surface area contributed by atoms with Crippen LogP contribution in [0.4, 0.5) is 10.1 Å². The predicted octanol–water partition coefficient (Wildman–Crippen LogP) is 3.21. The molecule has 1 fully saturated rings. The van der Waals surface area contributed by atoms with E-state index < -0.39 is 10.0 Å². The van der Waals surface area contributed by atoms with Crippen molar-refractivity contribution >= 4 is 27.5 Å². The summed E-state index contributed by atoms with van der Waals surface area (Å²) >= 11 is 0. The van der Waals surface area contributed by atoms with Crippen LogP contribution in [-0.2, 0) is 21.2 Å². The highest BCUT2D eigenvalue weighted by atomic mass is 32.2. The Hall–Kier alpha value is -2.74. The summed E-state index contributed by atoms with van der Waals surface area (Å²) < 4.78 is 42.7. The number of carbonyl (C=O) groups excluding carboxylic acids is 1. The monoisotopic (exact) mass is 403 g/mol. The van der Waals surface area contributed by atoms with Gasteiger partial charge in [-0.05, 0) is 42.7 Å². The van der Waals surface area contributed by atoms with E-state index in [-0.39, 0.29) is 29.5 Å². The van der Waals surface area contributed by atoms with Crippen LogP contribution in [0.5, 0.6) is 0 Å². The minimum Gasteiger partial charge on any atom is -0.362 e. The minimum absolute atomic E-state index is 0.0206. The highest BCUT2D eigenvalue weighted by Gasteiger charge is 2.20. The van der Waals surface area contributed by atoms with Gasteiger partial charge in [-0.15, -0.1) is 4.40 Å². The quantitative estimate of drug-likeness (QED) is 0.803. The summed E-state index contributed by atoms with van der Waals surface area (Å²) in [6.07, 6.45) is 1.85. The molecule has 0 atom stereocenters. The van der Waals surface area contributed by atoms with Crippen molar-refractivity contribution in [3.63, 3.8) is 0 Å². The van der Waals surface area contributed by atoms with Gasteiger partial charge in [0.2, 0.25) is 5.91 Å². The third-order valence-corrected chi connectivity index (χ3v) is 5.86. The number of anilines is 1. The van der Waals surface area contributed by atoms with Gasteiger partial charge in [0.15, 0.2) is 0 Å². The molecule has 1 aliphatic rings. The number of benzene rings is 2. The Kier molecular flexibility index (Phi) is 6.08. The molecule has 0 saturated carbocycles. The van der Waals surface area contributed by atoms with Gasteiger partial charge in [-0.3, -0.25) is 4.79 Å². The summed E-state index contributed by atoms with van der Waals surface area (Å²) in [5, 5.41) is 2.66. The molecule has 2 aromatic carbocycles. The SMILES string of the molecule is CN1CCC/C1=N/S(=O)(=O)c1cccc(NC(=O)CCc2ccccc2F)c1. The van der Waals surface area contributed by atoms with Crippen molar-refractivity contribution in [3.05, 3.63) is 59.9 Å². The van der Waals surface area contributed by atoms with E-state index in [9.17, 15) is 17.6 Å². The molecule has 0 aliphatic carbocycles. The van der Waals surface area contributed by atoms with E-state index in [2.05, 4.69) is 9.71 Å². The van der Waals surface area contributed by atoms with Gasteiger partial charge in [-0.2, -0.15) is 8.42 Å². The summed E-state index contributed by atoms with van der Waals surface area (Å²) in [7, 11) is -2.04. The summed E-state index contributed by atoms with van der Waals surface area (Å²) in [5.74, 6) is -0.127. The van der Waals surface area contributed by atoms with Gasteiger partial charge in [-0.25, -0.2) is 4.39 Å². The highest BCUT2D eigenvalue weighted by molar-refractivity contribution is 7.90. The molecule has 0 unspecified atom stereocenters. The third-order valence-electron chi connectivity index (χ3n) is 4.55. The summed E-state index contributed by atoms with van der Waals surface area (Å²) in [5.41, 5.74) is 0.824. The molecule has 6 nitrogen and oxygen atoms in total. The standard InChI is InChI=1S/C20H22FN3O3S/c1-24-13-5-10-19(24)23-28(26,27)17-8-4-7-16(14-17)22-20(25)12-11-15-6-2-3-9-18(15)21/h2-4,6-9,14H,5,10-13H2,1H3,(H,22,25)/b23-19-. The molecule has 0 aromatic heterocycles. The fourth-order valence-corrected chi connectivity index (χ4v) is 4.15. The summed E-state index contributed by atoms with van der Waals surface area (Å²) in [4.78, 5) is 14.0. The second-order valence-electron chi connectivity index (χ2n) is 6.68. The number of rotatable bonds is 6. The van der Waals surface area contributed by atoms with E-state index in [1.165, 1.54) is 18.2 Å². The van der Waals surface area contributed by atoms with E-state index in [4.69, 9.17) is 0 Å². The lowest BCUT2D eigenvalue weighted by Crippen LogP contribution is -2.20. The van der Waals surface area contributed by atoms with Crippen LogP contribution >= 0.6 is 0 Å². The first-order chi connectivity index (χ1) is 13.3. The number of amidine groups is 1. The van der Waals surface area contributed by atoms with Crippen molar-refractivity contribution < 1.29 is 17.6 Å². The topological polar surface area (TPSA) is 78.8 Å². The van der Waals surface area contributed by atoms with Crippen molar-refractivity contribution in [2.75, 3.05) is 18.9 Å². The molecule has 1 saturated heterocycles. The molecule has 0 spiro atoms. The number of likely N-dealkylation sites (tertiary alicyclic amines) is 1. The number of halogens is 1. The van der Waals surface area contributed by atoms with Gasteiger partial charge in [0, 0.05) is 32.1 Å². The molecule has 1 amide bonds. The van der Waals surface area contributed by atoms with Crippen LogP contribution in [-0.4, -0.2) is 38.7 Å². The van der Waals surface area contributed by atoms with E-state index >= 15 is 0 Å². The van der Waals surface area contributed by atoms with E-state index in [0.717, 1.165) is 13.0 Å². The molecule has 1 aliphatic heterocycles. The summed E-state index contributed by atoms with van der Waals surface area (Å²) in [6, 6.07) is 12.3. The summed E-state index contributed by atoms with van der Waals surface area (Å²) in [6.45, 7) is 0.784. The largest absolute Gasteiger partial charge is 0.362 e. The zero-order valence-electron chi connectivity index (χ0n) is 15.6. The zero-order chi connectivity index (χ0) is 20.1. The van der Waals surface area contributed by atoms with Gasteiger partial charge in [0.05, 0.1) is 4.90 Å². The van der Waals surface area contributed by atoms with Crippen molar-refractivity contribution in [1.29, 1.82) is 0 Å². The van der Waals surface area contributed by atoms with Crippen molar-refractivity contribution in [1.82, 2.24) is 4.90 Å². The predicted molar refractivity (Wildman–Crippen MR) is 106 cm³/mol. The maximum Gasteiger partial charge on any atom is 0.284 e. The van der Waals surface area contributed by atoms with Gasteiger partial charge in [0.25, 0.3) is 10.0 Å². The average molecular weight is 403 g/mol. The van der Waals surface area contributed by atoms with Crippen molar-refractivity contribution in [2.24, 2.45) is 4.40 Å². The molecule has 2 aromatic rings. The minimum atomic E-state index is -3.85. The molecular formula is C20H22FN3O3S. The van der Waals surface area contributed by atoms with E-state index in [1.54, 1.807) is 30.3 Å². The second-order valence-corrected chi connectivity index (χ2v) is 8.28. The van der Waals surface area contributed by atoms with Gasteiger partial charge < -0.3 is 10.2 Å². The first kappa shape index (κ1) is 20.0. The number of hydrogen-bond donors (Lipinski definition) is 1. The fourth-order valence-electron chi connectivity index (χ4n) is 3.01. The van der Waals surface area contributed by atoms with Crippen molar-refractivity contribution in [3.8, 4) is 0 Å². The lowest BCUT2D eigenvalue weighted by molar-refractivity contribution is -0.116. The Morgan fingerprint density at radius 3 is 2.71 bits per heavy atom. The van der Waals surface area contributed by atoms with E-state index in [0.29, 0.717) is 23.5 Å². The van der Waals surface area contributed by atoms with Crippen LogP contribution in [0.1, 0.15) is 24.8 Å². The van der Waals surface area contributed by atoms with Crippen LogP contribution in [0.25, 0.3) is 0 Å². The molecule has 1 heterocycles. The molecule has 28 heavy (non-hydrogen) atoms. The van der Waals surface area contributed by atoms with Gasteiger partial charge >= 0.3 is 0 Å². The number of hydrogen-bond acceptors (Lipinski definition) is 3. The molecule has 148 valence electrons. The first-order valence-corrected chi connectivity index (χ1v) is 10.5. The lowest BCUT2D eigenvalue weighted by atomic mass is 10.1. The normalized spacial score (nSPS) is 15.8. The van der Waals surface area contributed by atoms with Crippen LogP contribution in [0.15, 0.2) is 57.8 Å². The van der Waals surface area contributed by atoms with Gasteiger partial charge in [0.1, 0.15) is 11.7 Å². The first-order valence-electron chi connectivity index (χ1n) is 9.03. The average Bonchev–Trinajstić information content (AvgIpc) is 3.05. The number of nitrogens with zero attached hydrogens (tertiary/aromatic N) is 2. The van der Waals surface area contributed by atoms with Crippen LogP contribution in [0.3, 0.4) is 0 Å². The zero-order valence-corrected chi connectivity index (χ0v) is 16.4. The smallest absolute Gasteiger partial charge is 0.284 e. The molecule has 0 radical (unpaired) electrons. The third kappa shape index (κ3) is 4.95. The maximum absolute atomic E-state index is 13.6. The molecule has 8 heteroatoms. The van der Waals surface area contributed by atoms with E-state index in [1.807, 2.05) is 11.9 Å². The Morgan fingerprint density at radius 1 is 1.21 bits per heavy atom. The Labute approximate surface area is 164 Å². The molecule has 0 bridgehead atoms. The number of carbonyl (C=O) groups is 1. The highest BCUT2D eigenvalue weighted by Crippen LogP contribution is 2.20. The lowest BCUT2D eigenvalue weighted by Gasteiger charge is -2.11. The Balaban J connectivity index is 1.67. The number of amides is 1. The Morgan fingerprint density at radius 2 is 2.00 bits per heavy atom. The van der Waals surface area contributed by atoms with Crippen LogP contribution < -0.4 is 5.32 Å². The Bertz CT molecular complexity index is 1010. The maximum atomic E-state index is 13.6. The number of nitrogens with one attached hydrogen (secondary N) is 1. The fraction of sp³-hybridized carbons (Fsp3) is 0.300. The molecular weight excluding hydrogens is 381 g/mol. The second kappa shape index (κ2) is 8.52. The van der Waals surface area contributed by atoms with Crippen LogP contribution in [0, 0.1) is 5.82 Å². The number of aryl methyl sites for hydroxylation is 1. The van der Waals surface area contributed by atoms with Gasteiger partial charge in [-0.1, -0.05) is 24.3 Å². The van der Waals surface area contributed by atoms with Crippen LogP contribution in [0.2, 0.25) is 0 Å². The molecule has 1 N–H and O–H groups in total. The molecule has 3 rings (SSSR count). The number of sulfonamides is 1. The van der Waals surface area contributed by atoms with Crippen molar-refractivity contribution in [2.45, 2.75) is 30.6 Å².